The smallest absolute Gasteiger partial charge is 0.243 e. The number of benzene rings is 2. The van der Waals surface area contributed by atoms with Crippen molar-refractivity contribution in [2.75, 3.05) is 13.1 Å². The zero-order chi connectivity index (χ0) is 20.3. The van der Waals surface area contributed by atoms with E-state index in [1.54, 1.807) is 24.3 Å². The molecule has 1 unspecified atom stereocenters. The Hall–Kier alpha value is -2.18. The molecule has 2 aromatic rings. The fourth-order valence-electron chi connectivity index (χ4n) is 3.49. The third-order valence-corrected chi connectivity index (χ3v) is 7.33. The lowest BCUT2D eigenvalue weighted by molar-refractivity contribution is -0.126. The van der Waals surface area contributed by atoms with Gasteiger partial charge in [-0.15, -0.1) is 0 Å². The number of amides is 1. The first-order valence-electron chi connectivity index (χ1n) is 9.71. The summed E-state index contributed by atoms with van der Waals surface area (Å²) in [6.45, 7) is 6.67. The van der Waals surface area contributed by atoms with Crippen molar-refractivity contribution in [3.63, 3.8) is 0 Å². The van der Waals surface area contributed by atoms with Gasteiger partial charge in [0.15, 0.2) is 0 Å². The molecule has 0 aromatic heterocycles. The first-order valence-corrected chi connectivity index (χ1v) is 11.1. The van der Waals surface area contributed by atoms with Crippen LogP contribution in [0, 0.1) is 19.8 Å². The van der Waals surface area contributed by atoms with Crippen molar-refractivity contribution in [2.24, 2.45) is 5.92 Å². The topological polar surface area (TPSA) is 66.5 Å². The van der Waals surface area contributed by atoms with Crippen LogP contribution in [0.2, 0.25) is 0 Å². The summed E-state index contributed by atoms with van der Waals surface area (Å²) >= 11 is 0. The molecule has 1 amide bonds. The normalized spacial score (nSPS) is 17.2. The van der Waals surface area contributed by atoms with Crippen molar-refractivity contribution < 1.29 is 13.2 Å². The highest BCUT2D eigenvalue weighted by Gasteiger charge is 2.32. The van der Waals surface area contributed by atoms with E-state index in [2.05, 4.69) is 5.32 Å². The summed E-state index contributed by atoms with van der Waals surface area (Å²) in [5, 5.41) is 3.07. The van der Waals surface area contributed by atoms with E-state index < -0.39 is 10.0 Å². The Morgan fingerprint density at radius 1 is 0.964 bits per heavy atom. The van der Waals surface area contributed by atoms with Crippen LogP contribution in [0.15, 0.2) is 53.4 Å². The van der Waals surface area contributed by atoms with Crippen molar-refractivity contribution >= 4 is 15.9 Å². The lowest BCUT2D eigenvalue weighted by Gasteiger charge is -2.31. The van der Waals surface area contributed by atoms with E-state index in [1.165, 1.54) is 9.87 Å². The molecule has 0 saturated carbocycles. The molecule has 2 aromatic carbocycles. The first kappa shape index (κ1) is 20.6. The van der Waals surface area contributed by atoms with Gasteiger partial charge in [-0.25, -0.2) is 8.42 Å². The van der Waals surface area contributed by atoms with Gasteiger partial charge in [0.1, 0.15) is 0 Å². The van der Waals surface area contributed by atoms with E-state index in [0.717, 1.165) is 11.1 Å². The molecular formula is C22H28N2O3S. The first-order chi connectivity index (χ1) is 13.3. The van der Waals surface area contributed by atoms with Gasteiger partial charge in [0.25, 0.3) is 0 Å². The molecule has 1 aliphatic heterocycles. The Morgan fingerprint density at radius 3 is 2.00 bits per heavy atom. The number of carbonyl (C=O) groups excluding carboxylic acids is 1. The minimum atomic E-state index is -3.50. The second-order valence-electron chi connectivity index (χ2n) is 7.63. The van der Waals surface area contributed by atoms with E-state index in [9.17, 15) is 13.2 Å². The summed E-state index contributed by atoms with van der Waals surface area (Å²) in [5.74, 6) is -0.155. The molecule has 1 saturated heterocycles. The minimum absolute atomic E-state index is 0.000425. The second kappa shape index (κ2) is 8.45. The largest absolute Gasteiger partial charge is 0.349 e. The van der Waals surface area contributed by atoms with Gasteiger partial charge in [-0.05, 0) is 51.3 Å². The molecule has 1 heterocycles. The fraction of sp³-hybridized carbons (Fsp3) is 0.409. The zero-order valence-corrected chi connectivity index (χ0v) is 17.5. The van der Waals surface area contributed by atoms with Gasteiger partial charge in [0, 0.05) is 19.0 Å². The molecule has 3 rings (SSSR count). The third kappa shape index (κ3) is 4.62. The van der Waals surface area contributed by atoms with E-state index in [0.29, 0.717) is 30.8 Å². The fourth-order valence-corrected chi connectivity index (χ4v) is 4.96. The number of piperidine rings is 1. The maximum absolute atomic E-state index is 12.8. The number of nitrogens with zero attached hydrogens (tertiary/aromatic N) is 1. The van der Waals surface area contributed by atoms with Crippen LogP contribution in [-0.4, -0.2) is 31.7 Å². The van der Waals surface area contributed by atoms with Gasteiger partial charge in [0.2, 0.25) is 15.9 Å². The highest BCUT2D eigenvalue weighted by atomic mass is 32.2. The molecule has 150 valence electrons. The van der Waals surface area contributed by atoms with E-state index in [-0.39, 0.29) is 17.9 Å². The monoisotopic (exact) mass is 400 g/mol. The molecule has 6 heteroatoms. The van der Waals surface area contributed by atoms with Crippen LogP contribution >= 0.6 is 0 Å². The number of sulfonamides is 1. The van der Waals surface area contributed by atoms with Crippen LogP contribution < -0.4 is 5.32 Å². The maximum Gasteiger partial charge on any atom is 0.243 e. The third-order valence-electron chi connectivity index (χ3n) is 5.42. The van der Waals surface area contributed by atoms with Crippen molar-refractivity contribution in [3.05, 3.63) is 65.2 Å². The predicted molar refractivity (Wildman–Crippen MR) is 110 cm³/mol. The Kier molecular flexibility index (Phi) is 6.20. The summed E-state index contributed by atoms with van der Waals surface area (Å²) < 4.78 is 27.1. The molecular weight excluding hydrogens is 372 g/mol. The van der Waals surface area contributed by atoms with E-state index in [4.69, 9.17) is 0 Å². The average molecular weight is 401 g/mol. The number of aryl methyl sites for hydroxylation is 2. The lowest BCUT2D eigenvalue weighted by Crippen LogP contribution is -2.43. The highest BCUT2D eigenvalue weighted by molar-refractivity contribution is 7.89. The van der Waals surface area contributed by atoms with Gasteiger partial charge >= 0.3 is 0 Å². The molecule has 0 aliphatic carbocycles. The number of carbonyl (C=O) groups is 1. The number of hydrogen-bond acceptors (Lipinski definition) is 3. The molecule has 0 radical (unpaired) electrons. The number of nitrogens with one attached hydrogen (secondary N) is 1. The quantitative estimate of drug-likeness (QED) is 0.834. The van der Waals surface area contributed by atoms with Crippen LogP contribution in [-0.2, 0) is 14.8 Å². The van der Waals surface area contributed by atoms with Crippen molar-refractivity contribution in [1.29, 1.82) is 0 Å². The van der Waals surface area contributed by atoms with Gasteiger partial charge in [-0.3, -0.25) is 4.79 Å². The average Bonchev–Trinajstić information content (AvgIpc) is 2.69. The molecule has 28 heavy (non-hydrogen) atoms. The van der Waals surface area contributed by atoms with Crippen LogP contribution in [0.3, 0.4) is 0 Å². The number of rotatable bonds is 5. The Labute approximate surface area is 167 Å². The van der Waals surface area contributed by atoms with Crippen LogP contribution in [0.1, 0.15) is 42.5 Å². The van der Waals surface area contributed by atoms with Crippen LogP contribution in [0.5, 0.6) is 0 Å². The molecule has 0 bridgehead atoms. The van der Waals surface area contributed by atoms with Crippen molar-refractivity contribution in [3.8, 4) is 0 Å². The van der Waals surface area contributed by atoms with E-state index >= 15 is 0 Å². The second-order valence-corrected chi connectivity index (χ2v) is 9.57. The molecule has 5 nitrogen and oxygen atoms in total. The standard InChI is InChI=1S/C22H28N2O3S/c1-16-4-8-19(9-5-16)18(3)23-22(25)20-12-14-24(15-13-20)28(26,27)21-10-6-17(2)7-11-21/h4-11,18,20H,12-15H2,1-3H3,(H,23,25). The van der Waals surface area contributed by atoms with E-state index in [1.807, 2.05) is 45.0 Å². The van der Waals surface area contributed by atoms with Gasteiger partial charge in [-0.2, -0.15) is 4.31 Å². The van der Waals surface area contributed by atoms with Gasteiger partial charge in [0.05, 0.1) is 10.9 Å². The summed E-state index contributed by atoms with van der Waals surface area (Å²) in [4.78, 5) is 12.9. The summed E-state index contributed by atoms with van der Waals surface area (Å²) in [7, 11) is -3.50. The summed E-state index contributed by atoms with van der Waals surface area (Å²) in [6, 6.07) is 15.0. The molecule has 1 N–H and O–H groups in total. The Morgan fingerprint density at radius 2 is 1.46 bits per heavy atom. The summed E-state index contributed by atoms with van der Waals surface area (Å²) in [6.07, 6.45) is 1.08. The van der Waals surface area contributed by atoms with Gasteiger partial charge in [-0.1, -0.05) is 47.5 Å². The lowest BCUT2D eigenvalue weighted by atomic mass is 9.96. The molecule has 0 spiro atoms. The zero-order valence-electron chi connectivity index (χ0n) is 16.7. The van der Waals surface area contributed by atoms with Crippen LogP contribution in [0.25, 0.3) is 0 Å². The molecule has 1 aliphatic rings. The number of hydrogen-bond donors (Lipinski definition) is 1. The predicted octanol–water partition coefficient (Wildman–Crippen LogP) is 3.58. The Bertz CT molecular complexity index is 913. The summed E-state index contributed by atoms with van der Waals surface area (Å²) in [5.41, 5.74) is 3.28. The van der Waals surface area contributed by atoms with Crippen molar-refractivity contribution in [1.82, 2.24) is 9.62 Å². The minimum Gasteiger partial charge on any atom is -0.349 e. The SMILES string of the molecule is Cc1ccc(C(C)NC(=O)C2CCN(S(=O)(=O)c3ccc(C)cc3)CC2)cc1. The molecule has 1 atom stereocenters. The maximum atomic E-state index is 12.8. The van der Waals surface area contributed by atoms with Crippen molar-refractivity contribution in [2.45, 2.75) is 44.6 Å². The van der Waals surface area contributed by atoms with Crippen LogP contribution in [0.4, 0.5) is 0 Å². The highest BCUT2D eigenvalue weighted by Crippen LogP contribution is 2.25. The Balaban J connectivity index is 1.57. The molecule has 1 fully saturated rings. The van der Waals surface area contributed by atoms with Gasteiger partial charge < -0.3 is 5.32 Å².